The van der Waals surface area contributed by atoms with Gasteiger partial charge in [0.25, 0.3) is 0 Å². The van der Waals surface area contributed by atoms with Crippen LogP contribution in [0.25, 0.3) is 16.6 Å². The summed E-state index contributed by atoms with van der Waals surface area (Å²) in [5.74, 6) is 1.31. The van der Waals surface area contributed by atoms with Gasteiger partial charge in [0.15, 0.2) is 5.65 Å². The van der Waals surface area contributed by atoms with Crippen molar-refractivity contribution in [2.45, 2.75) is 25.9 Å². The number of anilines is 1. The molecule has 142 valence electrons. The molecule has 1 atom stereocenters. The molecule has 1 saturated heterocycles. The van der Waals surface area contributed by atoms with E-state index >= 15 is 0 Å². The Kier molecular flexibility index (Phi) is 4.24. The molecule has 1 aliphatic rings. The van der Waals surface area contributed by atoms with E-state index in [0.717, 1.165) is 59.6 Å². The van der Waals surface area contributed by atoms with E-state index in [1.165, 1.54) is 0 Å². The number of rotatable bonds is 3. The molecule has 5 rings (SSSR count). The van der Waals surface area contributed by atoms with Crippen LogP contribution in [-0.2, 0) is 0 Å². The van der Waals surface area contributed by atoms with E-state index in [-0.39, 0.29) is 5.92 Å². The number of aliphatic hydroxyl groups excluding tert-OH is 1. The fourth-order valence-electron chi connectivity index (χ4n) is 4.35. The van der Waals surface area contributed by atoms with Crippen LogP contribution in [0.2, 0.25) is 0 Å². The van der Waals surface area contributed by atoms with Crippen molar-refractivity contribution in [1.82, 2.24) is 14.6 Å². The third-order valence-corrected chi connectivity index (χ3v) is 5.83. The Balaban J connectivity index is 1.44. The van der Waals surface area contributed by atoms with Gasteiger partial charge in [0, 0.05) is 24.5 Å². The third kappa shape index (κ3) is 2.92. The monoisotopic (exact) mass is 372 g/mol. The lowest BCUT2D eigenvalue weighted by Crippen LogP contribution is -2.36. The summed E-state index contributed by atoms with van der Waals surface area (Å²) in [6, 6.07) is 20.4. The zero-order chi connectivity index (χ0) is 19.1. The summed E-state index contributed by atoms with van der Waals surface area (Å²) in [7, 11) is 0. The lowest BCUT2D eigenvalue weighted by Gasteiger charge is -2.35. The van der Waals surface area contributed by atoms with Crippen LogP contribution in [0.4, 0.5) is 5.82 Å². The van der Waals surface area contributed by atoms with Crippen molar-refractivity contribution in [3.8, 4) is 0 Å². The average molecular weight is 372 g/mol. The predicted octanol–water partition coefficient (Wildman–Crippen LogP) is 4.14. The van der Waals surface area contributed by atoms with Crippen LogP contribution >= 0.6 is 0 Å². The summed E-state index contributed by atoms with van der Waals surface area (Å²) in [5, 5.41) is 16.5. The largest absolute Gasteiger partial charge is 0.388 e. The summed E-state index contributed by atoms with van der Waals surface area (Å²) in [5.41, 5.74) is 3.96. The fourth-order valence-corrected chi connectivity index (χ4v) is 4.35. The zero-order valence-corrected chi connectivity index (χ0v) is 16.0. The summed E-state index contributed by atoms with van der Waals surface area (Å²) in [4.78, 5) is 7.30. The number of para-hydroxylation sites is 1. The zero-order valence-electron chi connectivity index (χ0n) is 16.0. The molecular formula is C23H24N4O. The number of piperidine rings is 1. The molecule has 3 heterocycles. The van der Waals surface area contributed by atoms with Gasteiger partial charge >= 0.3 is 0 Å². The van der Waals surface area contributed by atoms with Crippen LogP contribution in [0.1, 0.15) is 30.2 Å². The van der Waals surface area contributed by atoms with E-state index in [1.54, 1.807) is 0 Å². The first kappa shape index (κ1) is 17.2. The highest BCUT2D eigenvalue weighted by Gasteiger charge is 2.27. The molecule has 2 aromatic carbocycles. The van der Waals surface area contributed by atoms with Crippen LogP contribution < -0.4 is 4.90 Å². The molecule has 1 unspecified atom stereocenters. The molecular weight excluding hydrogens is 348 g/mol. The van der Waals surface area contributed by atoms with Gasteiger partial charge in [-0.05, 0) is 43.4 Å². The molecule has 5 heteroatoms. The van der Waals surface area contributed by atoms with Crippen molar-refractivity contribution in [1.29, 1.82) is 0 Å². The highest BCUT2D eigenvalue weighted by atomic mass is 16.3. The maximum atomic E-state index is 10.8. The predicted molar refractivity (Wildman–Crippen MR) is 112 cm³/mol. The Labute approximate surface area is 164 Å². The molecule has 4 aromatic rings. The fraction of sp³-hybridized carbons (Fsp3) is 0.304. The molecule has 1 fully saturated rings. The number of nitrogens with zero attached hydrogens (tertiary/aromatic N) is 4. The molecule has 1 N–H and O–H groups in total. The van der Waals surface area contributed by atoms with E-state index < -0.39 is 6.10 Å². The minimum atomic E-state index is -0.395. The minimum absolute atomic E-state index is 0.283. The van der Waals surface area contributed by atoms with Gasteiger partial charge in [-0.3, -0.25) is 0 Å². The molecule has 0 radical (unpaired) electrons. The van der Waals surface area contributed by atoms with Crippen LogP contribution in [0, 0.1) is 12.8 Å². The van der Waals surface area contributed by atoms with Crippen LogP contribution in [0.3, 0.4) is 0 Å². The van der Waals surface area contributed by atoms with Gasteiger partial charge in [0.1, 0.15) is 5.82 Å². The lowest BCUT2D eigenvalue weighted by atomic mass is 9.87. The molecule has 0 spiro atoms. The van der Waals surface area contributed by atoms with E-state index in [0.29, 0.717) is 0 Å². The number of aromatic nitrogens is 3. The van der Waals surface area contributed by atoms with Gasteiger partial charge in [-0.15, -0.1) is 0 Å². The Morgan fingerprint density at radius 1 is 1.00 bits per heavy atom. The first-order valence-electron chi connectivity index (χ1n) is 9.94. The van der Waals surface area contributed by atoms with Crippen molar-refractivity contribution in [2.75, 3.05) is 18.0 Å². The number of aliphatic hydroxyl groups is 1. The van der Waals surface area contributed by atoms with Gasteiger partial charge in [0.05, 0.1) is 17.3 Å². The second-order valence-corrected chi connectivity index (χ2v) is 7.69. The summed E-state index contributed by atoms with van der Waals surface area (Å²) < 4.78 is 1.93. The molecule has 1 aliphatic heterocycles. The van der Waals surface area contributed by atoms with Crippen molar-refractivity contribution in [2.24, 2.45) is 5.92 Å². The maximum absolute atomic E-state index is 10.8. The topological polar surface area (TPSA) is 53.7 Å². The van der Waals surface area contributed by atoms with Crippen LogP contribution in [-0.4, -0.2) is 32.8 Å². The van der Waals surface area contributed by atoms with Crippen molar-refractivity contribution in [3.63, 3.8) is 0 Å². The van der Waals surface area contributed by atoms with Gasteiger partial charge in [-0.1, -0.05) is 42.5 Å². The van der Waals surface area contributed by atoms with E-state index in [1.807, 2.05) is 53.9 Å². The second kappa shape index (κ2) is 6.91. The Hall–Kier alpha value is -2.92. The highest BCUT2D eigenvalue weighted by molar-refractivity contribution is 5.91. The molecule has 0 aliphatic carbocycles. The lowest BCUT2D eigenvalue weighted by molar-refractivity contribution is 0.0929. The van der Waals surface area contributed by atoms with Crippen molar-refractivity contribution < 1.29 is 5.11 Å². The summed E-state index contributed by atoms with van der Waals surface area (Å²) >= 11 is 0. The number of benzene rings is 2. The average Bonchev–Trinajstić information content (AvgIpc) is 3.14. The SMILES string of the molecule is Cc1cc2nc(N3CCC(C(O)c4ccccc4)CC3)c3ccccc3n2n1. The quantitative estimate of drug-likeness (QED) is 0.587. The Morgan fingerprint density at radius 2 is 1.71 bits per heavy atom. The number of aryl methyl sites for hydroxylation is 1. The Morgan fingerprint density at radius 3 is 2.50 bits per heavy atom. The van der Waals surface area contributed by atoms with Gasteiger partial charge in [0.2, 0.25) is 0 Å². The van der Waals surface area contributed by atoms with Gasteiger partial charge in [-0.25, -0.2) is 9.50 Å². The number of fused-ring (bicyclic) bond motifs is 3. The standard InChI is InChI=1S/C23H24N4O/c1-16-15-21-24-23(19-9-5-6-10-20(19)27(21)25-16)26-13-11-18(12-14-26)22(28)17-7-3-2-4-8-17/h2-10,15,18,22,28H,11-14H2,1H3. The van der Waals surface area contributed by atoms with Gasteiger partial charge < -0.3 is 10.0 Å². The molecule has 0 bridgehead atoms. The third-order valence-electron chi connectivity index (χ3n) is 5.83. The summed E-state index contributed by atoms with van der Waals surface area (Å²) in [6.07, 6.45) is 1.51. The summed E-state index contributed by atoms with van der Waals surface area (Å²) in [6.45, 7) is 3.79. The number of hydrogen-bond acceptors (Lipinski definition) is 4. The van der Waals surface area contributed by atoms with Crippen molar-refractivity contribution >= 4 is 22.4 Å². The molecule has 28 heavy (non-hydrogen) atoms. The molecule has 5 nitrogen and oxygen atoms in total. The second-order valence-electron chi connectivity index (χ2n) is 7.69. The Bertz CT molecular complexity index is 1110. The van der Waals surface area contributed by atoms with E-state index in [2.05, 4.69) is 28.2 Å². The van der Waals surface area contributed by atoms with E-state index in [9.17, 15) is 5.11 Å². The highest BCUT2D eigenvalue weighted by Crippen LogP contribution is 2.34. The molecule has 0 saturated carbocycles. The van der Waals surface area contributed by atoms with Crippen LogP contribution in [0.15, 0.2) is 60.7 Å². The van der Waals surface area contributed by atoms with E-state index in [4.69, 9.17) is 4.98 Å². The van der Waals surface area contributed by atoms with Crippen LogP contribution in [0.5, 0.6) is 0 Å². The maximum Gasteiger partial charge on any atom is 0.158 e. The van der Waals surface area contributed by atoms with Crippen molar-refractivity contribution in [3.05, 3.63) is 71.9 Å². The number of hydrogen-bond donors (Lipinski definition) is 1. The first-order chi connectivity index (χ1) is 13.7. The smallest absolute Gasteiger partial charge is 0.158 e. The normalized spacial score (nSPS) is 16.7. The molecule has 0 amide bonds. The van der Waals surface area contributed by atoms with Gasteiger partial charge in [-0.2, -0.15) is 5.10 Å². The minimum Gasteiger partial charge on any atom is -0.388 e. The molecule has 2 aromatic heterocycles. The first-order valence-corrected chi connectivity index (χ1v) is 9.94.